The van der Waals surface area contributed by atoms with E-state index in [1.807, 2.05) is 12.1 Å². The number of pyridine rings is 1. The van der Waals surface area contributed by atoms with Gasteiger partial charge < -0.3 is 15.6 Å². The second-order valence-corrected chi connectivity index (χ2v) is 6.63. The summed E-state index contributed by atoms with van der Waals surface area (Å²) >= 11 is 0. The number of carbonyl (C=O) groups excluding carboxylic acids is 2. The summed E-state index contributed by atoms with van der Waals surface area (Å²) < 4.78 is 0. The van der Waals surface area contributed by atoms with E-state index in [2.05, 4.69) is 32.5 Å². The fraction of sp³-hybridized carbons (Fsp3) is 0.263. The lowest BCUT2D eigenvalue weighted by Crippen LogP contribution is -2.23. The summed E-state index contributed by atoms with van der Waals surface area (Å²) in [5, 5.41) is 5.70. The Bertz CT molecular complexity index is 930. The van der Waals surface area contributed by atoms with Crippen molar-refractivity contribution in [2.75, 3.05) is 5.32 Å². The van der Waals surface area contributed by atoms with Gasteiger partial charge in [0.2, 0.25) is 5.91 Å². The monoisotopic (exact) mass is 349 g/mol. The number of nitrogens with zero attached hydrogens (tertiary/aromatic N) is 2. The highest BCUT2D eigenvalue weighted by Crippen LogP contribution is 2.38. The molecule has 2 amide bonds. The summed E-state index contributed by atoms with van der Waals surface area (Å²) in [5.41, 5.74) is 2.69. The van der Waals surface area contributed by atoms with Gasteiger partial charge in [-0.3, -0.25) is 9.59 Å². The molecule has 2 heterocycles. The van der Waals surface area contributed by atoms with E-state index in [0.717, 1.165) is 11.9 Å². The van der Waals surface area contributed by atoms with Crippen LogP contribution in [0.3, 0.4) is 0 Å². The molecule has 3 aromatic rings. The minimum absolute atomic E-state index is 0.0493. The molecule has 2 aromatic heterocycles. The van der Waals surface area contributed by atoms with E-state index in [4.69, 9.17) is 0 Å². The Morgan fingerprint density at radius 3 is 2.69 bits per heavy atom. The largest absolute Gasteiger partial charge is 0.345 e. The van der Waals surface area contributed by atoms with Crippen LogP contribution in [0.25, 0.3) is 11.2 Å². The lowest BCUT2D eigenvalue weighted by molar-refractivity contribution is -0.117. The highest BCUT2D eigenvalue weighted by atomic mass is 16.2. The maximum absolute atomic E-state index is 12.3. The van der Waals surface area contributed by atoms with Gasteiger partial charge in [-0.2, -0.15) is 0 Å². The molecule has 0 spiro atoms. The normalized spacial score (nSPS) is 18.5. The van der Waals surface area contributed by atoms with Crippen LogP contribution in [0.5, 0.6) is 0 Å². The number of hydrogen-bond donors (Lipinski definition) is 3. The second-order valence-electron chi connectivity index (χ2n) is 6.63. The predicted molar refractivity (Wildman–Crippen MR) is 97.4 cm³/mol. The van der Waals surface area contributed by atoms with Gasteiger partial charge in [0.05, 0.1) is 12.1 Å². The fourth-order valence-corrected chi connectivity index (χ4v) is 2.87. The van der Waals surface area contributed by atoms with E-state index in [0.29, 0.717) is 28.6 Å². The Balaban J connectivity index is 1.34. The van der Waals surface area contributed by atoms with Crippen molar-refractivity contribution in [1.29, 1.82) is 0 Å². The van der Waals surface area contributed by atoms with Crippen molar-refractivity contribution in [3.8, 4) is 0 Å². The number of imidazole rings is 1. The molecule has 1 saturated carbocycles. The molecule has 1 aliphatic rings. The summed E-state index contributed by atoms with van der Waals surface area (Å²) in [5.74, 6) is 1.08. The van der Waals surface area contributed by atoms with E-state index in [1.54, 1.807) is 30.5 Å². The van der Waals surface area contributed by atoms with Gasteiger partial charge in [0, 0.05) is 23.4 Å². The van der Waals surface area contributed by atoms with Crippen molar-refractivity contribution >= 4 is 28.7 Å². The van der Waals surface area contributed by atoms with Gasteiger partial charge in [-0.25, -0.2) is 9.97 Å². The average Bonchev–Trinajstić information content (AvgIpc) is 3.24. The molecule has 26 heavy (non-hydrogen) atoms. The highest BCUT2D eigenvalue weighted by molar-refractivity contribution is 5.97. The van der Waals surface area contributed by atoms with Gasteiger partial charge in [0.1, 0.15) is 5.82 Å². The Kier molecular flexibility index (Phi) is 4.12. The van der Waals surface area contributed by atoms with E-state index >= 15 is 0 Å². The van der Waals surface area contributed by atoms with E-state index in [-0.39, 0.29) is 24.3 Å². The number of carbonyl (C=O) groups is 2. The summed E-state index contributed by atoms with van der Waals surface area (Å²) in [6.07, 6.45) is 2.62. The third-order valence-corrected chi connectivity index (χ3v) is 4.58. The number of H-pyrrole nitrogens is 1. The minimum Gasteiger partial charge on any atom is -0.345 e. The van der Waals surface area contributed by atoms with Crippen LogP contribution < -0.4 is 10.6 Å². The van der Waals surface area contributed by atoms with Gasteiger partial charge in [-0.15, -0.1) is 0 Å². The molecule has 0 aliphatic heterocycles. The first-order valence-corrected chi connectivity index (χ1v) is 8.59. The van der Waals surface area contributed by atoms with Gasteiger partial charge in [-0.05, 0) is 48.7 Å². The number of rotatable bonds is 5. The molecule has 7 heteroatoms. The Morgan fingerprint density at radius 1 is 1.23 bits per heavy atom. The molecule has 1 aliphatic carbocycles. The van der Waals surface area contributed by atoms with Crippen molar-refractivity contribution in [3.63, 3.8) is 0 Å². The zero-order valence-corrected chi connectivity index (χ0v) is 14.3. The molecular formula is C19H19N5O2. The number of hydrogen-bond acceptors (Lipinski definition) is 4. The predicted octanol–water partition coefficient (Wildman–Crippen LogP) is 2.48. The topological polar surface area (TPSA) is 99.8 Å². The van der Waals surface area contributed by atoms with Gasteiger partial charge in [0.25, 0.3) is 5.91 Å². The average molecular weight is 349 g/mol. The zero-order valence-electron chi connectivity index (χ0n) is 14.3. The Labute approximate surface area is 150 Å². The molecule has 0 radical (unpaired) electrons. The molecule has 132 valence electrons. The molecular weight excluding hydrogens is 330 g/mol. The number of fused-ring (bicyclic) bond motifs is 1. The molecule has 1 fully saturated rings. The van der Waals surface area contributed by atoms with Crippen molar-refractivity contribution in [1.82, 2.24) is 20.3 Å². The van der Waals surface area contributed by atoms with Gasteiger partial charge >= 0.3 is 0 Å². The van der Waals surface area contributed by atoms with Gasteiger partial charge in [0.15, 0.2) is 5.65 Å². The number of anilines is 1. The molecule has 7 nitrogen and oxygen atoms in total. The van der Waals surface area contributed by atoms with E-state index in [9.17, 15) is 9.59 Å². The quantitative estimate of drug-likeness (QED) is 0.659. The molecule has 3 N–H and O–H groups in total. The van der Waals surface area contributed by atoms with Crippen LogP contribution in [0.15, 0.2) is 42.6 Å². The van der Waals surface area contributed by atoms with Crippen LogP contribution in [0, 0.1) is 11.8 Å². The summed E-state index contributed by atoms with van der Waals surface area (Å²) in [4.78, 5) is 35.8. The van der Waals surface area contributed by atoms with E-state index in [1.165, 1.54) is 0 Å². The summed E-state index contributed by atoms with van der Waals surface area (Å²) in [6.45, 7) is 2.35. The molecule has 0 unspecified atom stereocenters. The van der Waals surface area contributed by atoms with E-state index < -0.39 is 0 Å². The Hall–Kier alpha value is -3.22. The van der Waals surface area contributed by atoms with Crippen LogP contribution in [-0.2, 0) is 11.3 Å². The van der Waals surface area contributed by atoms with Crippen molar-refractivity contribution in [2.45, 2.75) is 19.9 Å². The zero-order chi connectivity index (χ0) is 18.1. The van der Waals surface area contributed by atoms with Crippen LogP contribution in [0.4, 0.5) is 5.69 Å². The highest BCUT2D eigenvalue weighted by Gasteiger charge is 2.39. The first-order valence-electron chi connectivity index (χ1n) is 8.59. The molecule has 1 aromatic carbocycles. The van der Waals surface area contributed by atoms with Gasteiger partial charge in [-0.1, -0.05) is 6.92 Å². The van der Waals surface area contributed by atoms with Crippen molar-refractivity contribution in [2.24, 2.45) is 11.8 Å². The molecule has 0 bridgehead atoms. The second kappa shape index (κ2) is 6.59. The summed E-state index contributed by atoms with van der Waals surface area (Å²) in [6, 6.07) is 10.6. The SMILES string of the molecule is C[C@H]1C[C@H]1C(=O)Nc1ccc(C(=O)NCc2nc3ncccc3[nH]2)cc1. The third-order valence-electron chi connectivity index (χ3n) is 4.58. The molecule has 0 saturated heterocycles. The first-order chi connectivity index (χ1) is 12.6. The number of nitrogens with one attached hydrogen (secondary N) is 3. The summed E-state index contributed by atoms with van der Waals surface area (Å²) in [7, 11) is 0. The van der Waals surface area contributed by atoms with Crippen LogP contribution in [0.1, 0.15) is 29.5 Å². The fourth-order valence-electron chi connectivity index (χ4n) is 2.87. The van der Waals surface area contributed by atoms with Crippen molar-refractivity contribution < 1.29 is 9.59 Å². The number of aromatic amines is 1. The van der Waals surface area contributed by atoms with Crippen molar-refractivity contribution in [3.05, 3.63) is 54.0 Å². The van der Waals surface area contributed by atoms with Crippen LogP contribution >= 0.6 is 0 Å². The number of aromatic nitrogens is 3. The molecule has 4 rings (SSSR count). The lowest BCUT2D eigenvalue weighted by Gasteiger charge is -2.07. The lowest BCUT2D eigenvalue weighted by atomic mass is 10.2. The maximum Gasteiger partial charge on any atom is 0.251 e. The number of benzene rings is 1. The molecule has 2 atom stereocenters. The number of amides is 2. The van der Waals surface area contributed by atoms with Crippen LogP contribution in [-0.4, -0.2) is 26.8 Å². The minimum atomic E-state index is -0.202. The first kappa shape index (κ1) is 16.3. The smallest absolute Gasteiger partial charge is 0.251 e. The Morgan fingerprint density at radius 2 is 2.00 bits per heavy atom. The third kappa shape index (κ3) is 3.42. The van der Waals surface area contributed by atoms with Crippen LogP contribution in [0.2, 0.25) is 0 Å². The maximum atomic E-state index is 12.3. The standard InChI is InChI=1S/C19H19N5O2/c1-11-9-14(11)19(26)22-13-6-4-12(5-7-13)18(25)21-10-16-23-15-3-2-8-20-17(15)24-16/h2-8,11,14H,9-10H2,1H3,(H,21,25)(H,22,26)(H,20,23,24)/t11-,14+/m0/s1.